The minimum Gasteiger partial charge on any atom is -0.493 e. The minimum atomic E-state index is -0.405. The predicted molar refractivity (Wildman–Crippen MR) is 122 cm³/mol. The number of rotatable bonds is 8. The lowest BCUT2D eigenvalue weighted by Crippen LogP contribution is -2.17. The fourth-order valence-corrected chi connectivity index (χ4v) is 3.10. The summed E-state index contributed by atoms with van der Waals surface area (Å²) in [5, 5.41) is 5.16. The topological polar surface area (TPSA) is 69.2 Å². The number of carbonyl (C=O) groups excluding carboxylic acids is 1. The fraction of sp³-hybridized carbons (Fsp3) is 0.130. The molecule has 3 rings (SSSR count). The fourth-order valence-electron chi connectivity index (χ4n) is 2.73. The minimum absolute atomic E-state index is 0.278. The zero-order valence-corrected chi connectivity index (χ0v) is 18.4. The van der Waals surface area contributed by atoms with Crippen LogP contribution in [0.3, 0.4) is 0 Å². The number of carbonyl (C=O) groups is 1. The first kappa shape index (κ1) is 22.5. The number of nitrogens with one attached hydrogen (secondary N) is 1. The molecule has 0 heterocycles. The molecule has 0 aliphatic carbocycles. The summed E-state index contributed by atoms with van der Waals surface area (Å²) < 4.78 is 16.3. The average Bonchev–Trinajstić information content (AvgIpc) is 2.79. The van der Waals surface area contributed by atoms with E-state index < -0.39 is 5.91 Å². The van der Waals surface area contributed by atoms with E-state index in [1.165, 1.54) is 20.4 Å². The van der Waals surface area contributed by atoms with Gasteiger partial charge in [0.05, 0.1) is 20.4 Å². The first-order chi connectivity index (χ1) is 15.0. The van der Waals surface area contributed by atoms with Crippen molar-refractivity contribution in [2.75, 3.05) is 14.2 Å². The summed E-state index contributed by atoms with van der Waals surface area (Å²) in [7, 11) is 3.03. The monoisotopic (exact) mass is 458 g/mol. The molecule has 6 nitrogen and oxygen atoms in total. The third-order valence-electron chi connectivity index (χ3n) is 4.33. The molecule has 0 aliphatic rings. The third kappa shape index (κ3) is 5.90. The molecule has 1 N–H and O–H groups in total. The lowest BCUT2D eigenvalue weighted by molar-refractivity contribution is 0.0954. The van der Waals surface area contributed by atoms with E-state index in [0.717, 1.165) is 5.56 Å². The SMILES string of the molecule is COc1ccc(C(=O)N/N=C/c2cc(Cl)ccc2OCc2ccccc2Cl)cc1OC. The van der Waals surface area contributed by atoms with Gasteiger partial charge in [0.25, 0.3) is 5.91 Å². The maximum atomic E-state index is 12.4. The number of methoxy groups -OCH3 is 2. The largest absolute Gasteiger partial charge is 0.493 e. The number of ether oxygens (including phenoxy) is 3. The smallest absolute Gasteiger partial charge is 0.271 e. The number of amides is 1. The molecule has 0 atom stereocenters. The number of benzene rings is 3. The van der Waals surface area contributed by atoms with Crippen LogP contribution >= 0.6 is 23.2 Å². The molecule has 3 aromatic rings. The summed E-state index contributed by atoms with van der Waals surface area (Å²) in [4.78, 5) is 12.4. The van der Waals surface area contributed by atoms with E-state index in [1.54, 1.807) is 42.5 Å². The van der Waals surface area contributed by atoms with Crippen LogP contribution in [0.5, 0.6) is 17.2 Å². The highest BCUT2D eigenvalue weighted by Gasteiger charge is 2.10. The Labute approximate surface area is 190 Å². The van der Waals surface area contributed by atoms with E-state index in [9.17, 15) is 4.79 Å². The third-order valence-corrected chi connectivity index (χ3v) is 4.93. The highest BCUT2D eigenvalue weighted by molar-refractivity contribution is 6.31. The van der Waals surface area contributed by atoms with Crippen molar-refractivity contribution in [2.24, 2.45) is 5.10 Å². The molecular weight excluding hydrogens is 439 g/mol. The Hall–Kier alpha value is -3.22. The van der Waals surface area contributed by atoms with E-state index in [2.05, 4.69) is 10.5 Å². The van der Waals surface area contributed by atoms with Crippen LogP contribution in [0.25, 0.3) is 0 Å². The standard InChI is InChI=1S/C23H20Cl2N2O4/c1-29-21-9-7-15(12-22(21)30-2)23(28)27-26-13-17-11-18(24)8-10-20(17)31-14-16-5-3-4-6-19(16)25/h3-13H,14H2,1-2H3,(H,27,28)/b26-13+. The Morgan fingerprint density at radius 2 is 1.71 bits per heavy atom. The molecule has 0 spiro atoms. The first-order valence-electron chi connectivity index (χ1n) is 9.23. The van der Waals surface area contributed by atoms with Crippen LogP contribution in [-0.2, 0) is 6.61 Å². The van der Waals surface area contributed by atoms with Crippen molar-refractivity contribution in [3.8, 4) is 17.2 Å². The number of nitrogens with zero attached hydrogens (tertiary/aromatic N) is 1. The van der Waals surface area contributed by atoms with Crippen LogP contribution in [0.1, 0.15) is 21.5 Å². The van der Waals surface area contributed by atoms with Crippen molar-refractivity contribution in [1.82, 2.24) is 5.43 Å². The van der Waals surface area contributed by atoms with Gasteiger partial charge in [0.2, 0.25) is 0 Å². The van der Waals surface area contributed by atoms with Gasteiger partial charge in [-0.05, 0) is 42.5 Å². The number of hydrogen-bond donors (Lipinski definition) is 1. The Morgan fingerprint density at radius 3 is 2.45 bits per heavy atom. The molecule has 0 fully saturated rings. The van der Waals surface area contributed by atoms with Crippen LogP contribution in [0.15, 0.2) is 65.8 Å². The molecule has 0 unspecified atom stereocenters. The summed E-state index contributed by atoms with van der Waals surface area (Å²) in [5.74, 6) is 1.12. The summed E-state index contributed by atoms with van der Waals surface area (Å²) in [6, 6.07) is 17.4. The van der Waals surface area contributed by atoms with Crippen molar-refractivity contribution in [2.45, 2.75) is 6.61 Å². The highest BCUT2D eigenvalue weighted by Crippen LogP contribution is 2.27. The van der Waals surface area contributed by atoms with E-state index in [0.29, 0.717) is 38.4 Å². The molecule has 0 saturated carbocycles. The summed E-state index contributed by atoms with van der Waals surface area (Å²) >= 11 is 12.3. The number of halogens is 2. The Morgan fingerprint density at radius 1 is 0.968 bits per heavy atom. The molecular formula is C23H20Cl2N2O4. The normalized spacial score (nSPS) is 10.7. The van der Waals surface area contributed by atoms with Gasteiger partial charge < -0.3 is 14.2 Å². The molecule has 31 heavy (non-hydrogen) atoms. The molecule has 160 valence electrons. The maximum absolute atomic E-state index is 12.4. The van der Waals surface area contributed by atoms with Gasteiger partial charge in [0.15, 0.2) is 11.5 Å². The van der Waals surface area contributed by atoms with E-state index in [1.807, 2.05) is 18.2 Å². The molecule has 3 aromatic carbocycles. The molecule has 0 radical (unpaired) electrons. The van der Waals surface area contributed by atoms with Crippen molar-refractivity contribution in [3.63, 3.8) is 0 Å². The van der Waals surface area contributed by atoms with Gasteiger partial charge in [-0.2, -0.15) is 5.10 Å². The Kier molecular flexibility index (Phi) is 7.76. The summed E-state index contributed by atoms with van der Waals surface area (Å²) in [5.41, 5.74) is 4.31. The van der Waals surface area contributed by atoms with E-state index >= 15 is 0 Å². The van der Waals surface area contributed by atoms with E-state index in [-0.39, 0.29) is 6.61 Å². The lowest BCUT2D eigenvalue weighted by atomic mass is 10.2. The van der Waals surface area contributed by atoms with Gasteiger partial charge >= 0.3 is 0 Å². The van der Waals surface area contributed by atoms with Crippen molar-refractivity contribution in [3.05, 3.63) is 87.4 Å². The lowest BCUT2D eigenvalue weighted by Gasteiger charge is -2.11. The molecule has 0 bridgehead atoms. The summed E-state index contributed by atoms with van der Waals surface area (Å²) in [6.07, 6.45) is 1.46. The van der Waals surface area contributed by atoms with Gasteiger partial charge in [-0.1, -0.05) is 41.4 Å². The van der Waals surface area contributed by atoms with Crippen LogP contribution in [0.2, 0.25) is 10.0 Å². The number of hydrazone groups is 1. The number of hydrogen-bond acceptors (Lipinski definition) is 5. The second kappa shape index (κ2) is 10.7. The molecule has 0 aromatic heterocycles. The zero-order chi connectivity index (χ0) is 22.2. The van der Waals surface area contributed by atoms with Crippen molar-refractivity contribution < 1.29 is 19.0 Å². The van der Waals surface area contributed by atoms with Gasteiger partial charge in [-0.3, -0.25) is 4.79 Å². The van der Waals surface area contributed by atoms with E-state index in [4.69, 9.17) is 37.4 Å². The second-order valence-electron chi connectivity index (χ2n) is 6.33. The molecule has 0 aliphatic heterocycles. The molecule has 8 heteroatoms. The van der Waals surface area contributed by atoms with Gasteiger partial charge in [0, 0.05) is 26.7 Å². The van der Waals surface area contributed by atoms with Crippen LogP contribution in [0.4, 0.5) is 0 Å². The maximum Gasteiger partial charge on any atom is 0.271 e. The second-order valence-corrected chi connectivity index (χ2v) is 7.17. The van der Waals surface area contributed by atoms with Gasteiger partial charge in [-0.15, -0.1) is 0 Å². The Bertz CT molecular complexity index is 1100. The van der Waals surface area contributed by atoms with Crippen LogP contribution in [-0.4, -0.2) is 26.3 Å². The highest BCUT2D eigenvalue weighted by atomic mass is 35.5. The first-order valence-corrected chi connectivity index (χ1v) is 9.98. The van der Waals surface area contributed by atoms with Crippen molar-refractivity contribution >= 4 is 35.3 Å². The average molecular weight is 459 g/mol. The zero-order valence-electron chi connectivity index (χ0n) is 16.9. The van der Waals surface area contributed by atoms with Crippen molar-refractivity contribution in [1.29, 1.82) is 0 Å². The van der Waals surface area contributed by atoms with Crippen LogP contribution < -0.4 is 19.6 Å². The molecule has 1 amide bonds. The molecule has 0 saturated heterocycles. The van der Waals surface area contributed by atoms with Crippen LogP contribution in [0, 0.1) is 0 Å². The summed E-state index contributed by atoms with van der Waals surface area (Å²) in [6.45, 7) is 0.278. The van der Waals surface area contributed by atoms with Gasteiger partial charge in [-0.25, -0.2) is 5.43 Å². The van der Waals surface area contributed by atoms with Gasteiger partial charge in [0.1, 0.15) is 12.4 Å². The quantitative estimate of drug-likeness (QED) is 0.364. The Balaban J connectivity index is 1.71. The predicted octanol–water partition coefficient (Wildman–Crippen LogP) is 5.35.